The van der Waals surface area contributed by atoms with Gasteiger partial charge in [-0.05, 0) is 42.3 Å². The lowest BCUT2D eigenvalue weighted by Gasteiger charge is -2.06. The molecule has 0 atom stereocenters. The predicted molar refractivity (Wildman–Crippen MR) is 83.0 cm³/mol. The fraction of sp³-hybridized carbons (Fsp3) is 0.125. The normalized spacial score (nSPS) is 10.7. The molecule has 0 saturated carbocycles. The minimum absolute atomic E-state index is 0.0815. The van der Waals surface area contributed by atoms with Crippen LogP contribution in [0.2, 0.25) is 0 Å². The lowest BCUT2D eigenvalue weighted by atomic mass is 10.1. The summed E-state index contributed by atoms with van der Waals surface area (Å²) in [5.74, 6) is -0.0815. The van der Waals surface area contributed by atoms with Gasteiger partial charge in [0, 0.05) is 17.8 Å². The summed E-state index contributed by atoms with van der Waals surface area (Å²) < 4.78 is 0. The fourth-order valence-electron chi connectivity index (χ4n) is 2.18. The number of H-pyrrole nitrogens is 1. The van der Waals surface area contributed by atoms with Gasteiger partial charge in [-0.25, -0.2) is 4.98 Å². The molecule has 0 bridgehead atoms. The van der Waals surface area contributed by atoms with Gasteiger partial charge in [-0.2, -0.15) is 0 Å². The third-order valence-electron chi connectivity index (χ3n) is 3.36. The van der Waals surface area contributed by atoms with Crippen LogP contribution in [-0.4, -0.2) is 22.4 Å². The molecule has 1 amide bonds. The van der Waals surface area contributed by atoms with E-state index >= 15 is 0 Å². The molecule has 21 heavy (non-hydrogen) atoms. The first-order chi connectivity index (χ1) is 10.2. The Kier molecular flexibility index (Phi) is 3.55. The highest BCUT2D eigenvalue weighted by Gasteiger charge is 2.06. The van der Waals surface area contributed by atoms with Gasteiger partial charge < -0.3 is 16.0 Å². The van der Waals surface area contributed by atoms with Crippen LogP contribution in [0.1, 0.15) is 15.9 Å². The second kappa shape index (κ2) is 5.66. The molecule has 5 nitrogen and oxygen atoms in total. The molecule has 4 N–H and O–H groups in total. The number of nitrogens with zero attached hydrogens (tertiary/aromatic N) is 1. The van der Waals surface area contributed by atoms with Gasteiger partial charge in [-0.1, -0.05) is 12.1 Å². The van der Waals surface area contributed by atoms with Crippen molar-refractivity contribution in [1.82, 2.24) is 15.3 Å². The van der Waals surface area contributed by atoms with Crippen molar-refractivity contribution in [3.05, 3.63) is 59.9 Å². The molecule has 0 saturated heterocycles. The van der Waals surface area contributed by atoms with E-state index in [4.69, 9.17) is 5.73 Å². The minimum Gasteiger partial charge on any atom is -0.399 e. The lowest BCUT2D eigenvalue weighted by molar-refractivity contribution is 0.0954. The molecule has 1 aromatic heterocycles. The number of aromatic nitrogens is 2. The Morgan fingerprint density at radius 2 is 2.00 bits per heavy atom. The van der Waals surface area contributed by atoms with Gasteiger partial charge in [0.2, 0.25) is 0 Å². The second-order valence-electron chi connectivity index (χ2n) is 4.88. The number of anilines is 1. The predicted octanol–water partition coefficient (Wildman–Crippen LogP) is 2.12. The molecule has 0 spiro atoms. The summed E-state index contributed by atoms with van der Waals surface area (Å²) in [6.07, 6.45) is 2.39. The number of carbonyl (C=O) groups is 1. The Morgan fingerprint density at radius 1 is 1.19 bits per heavy atom. The zero-order valence-electron chi connectivity index (χ0n) is 11.5. The van der Waals surface area contributed by atoms with E-state index < -0.39 is 0 Å². The van der Waals surface area contributed by atoms with Gasteiger partial charge in [-0.15, -0.1) is 0 Å². The van der Waals surface area contributed by atoms with Crippen LogP contribution in [-0.2, 0) is 6.42 Å². The molecule has 0 unspecified atom stereocenters. The summed E-state index contributed by atoms with van der Waals surface area (Å²) >= 11 is 0. The van der Waals surface area contributed by atoms with E-state index in [-0.39, 0.29) is 5.91 Å². The highest BCUT2D eigenvalue weighted by Crippen LogP contribution is 2.11. The number of nitrogen functional groups attached to an aromatic ring is 1. The van der Waals surface area contributed by atoms with Gasteiger partial charge in [-0.3, -0.25) is 4.79 Å². The van der Waals surface area contributed by atoms with Crippen molar-refractivity contribution >= 4 is 22.6 Å². The maximum absolute atomic E-state index is 12.1. The van der Waals surface area contributed by atoms with E-state index in [9.17, 15) is 4.79 Å². The highest BCUT2D eigenvalue weighted by atomic mass is 16.1. The number of nitrogens with two attached hydrogens (primary N) is 1. The fourth-order valence-corrected chi connectivity index (χ4v) is 2.18. The van der Waals surface area contributed by atoms with E-state index in [2.05, 4.69) is 15.3 Å². The first-order valence-electron chi connectivity index (χ1n) is 6.78. The molecule has 0 aliphatic rings. The maximum atomic E-state index is 12.1. The Bertz CT molecular complexity index is 761. The standard InChI is InChI=1S/C16H16N4O/c17-13-4-1-11(2-5-13)7-8-18-16(21)12-3-6-14-15(9-12)20-10-19-14/h1-6,9-10H,7-8,17H2,(H,18,21)(H,19,20). The summed E-state index contributed by atoms with van der Waals surface area (Å²) in [5, 5.41) is 2.91. The molecule has 2 aromatic carbocycles. The Morgan fingerprint density at radius 3 is 2.81 bits per heavy atom. The average Bonchev–Trinajstić information content (AvgIpc) is 2.96. The highest BCUT2D eigenvalue weighted by molar-refractivity contribution is 5.97. The number of carbonyl (C=O) groups excluding carboxylic acids is 1. The van der Waals surface area contributed by atoms with Gasteiger partial charge in [0.25, 0.3) is 5.91 Å². The molecule has 5 heteroatoms. The molecule has 1 heterocycles. The largest absolute Gasteiger partial charge is 0.399 e. The number of fused-ring (bicyclic) bond motifs is 1. The van der Waals surface area contributed by atoms with Crippen molar-refractivity contribution in [3.8, 4) is 0 Å². The van der Waals surface area contributed by atoms with E-state index in [0.29, 0.717) is 12.1 Å². The van der Waals surface area contributed by atoms with Crippen LogP contribution < -0.4 is 11.1 Å². The van der Waals surface area contributed by atoms with Gasteiger partial charge in [0.05, 0.1) is 17.4 Å². The summed E-state index contributed by atoms with van der Waals surface area (Å²) in [4.78, 5) is 19.2. The Hall–Kier alpha value is -2.82. The van der Waals surface area contributed by atoms with Crippen LogP contribution in [0.4, 0.5) is 5.69 Å². The minimum atomic E-state index is -0.0815. The number of hydrogen-bond acceptors (Lipinski definition) is 3. The number of imidazole rings is 1. The summed E-state index contributed by atoms with van der Waals surface area (Å²) in [5.41, 5.74) is 9.88. The van der Waals surface area contributed by atoms with Gasteiger partial charge in [0.15, 0.2) is 0 Å². The van der Waals surface area contributed by atoms with Gasteiger partial charge in [0.1, 0.15) is 0 Å². The summed E-state index contributed by atoms with van der Waals surface area (Å²) in [6, 6.07) is 13.1. The van der Waals surface area contributed by atoms with Crippen LogP contribution in [0.25, 0.3) is 11.0 Å². The number of benzene rings is 2. The van der Waals surface area contributed by atoms with E-state index in [1.165, 1.54) is 0 Å². The van der Waals surface area contributed by atoms with Crippen LogP contribution in [0.3, 0.4) is 0 Å². The van der Waals surface area contributed by atoms with Gasteiger partial charge >= 0.3 is 0 Å². The number of hydrogen-bond donors (Lipinski definition) is 3. The average molecular weight is 280 g/mol. The first-order valence-corrected chi connectivity index (χ1v) is 6.78. The first kappa shape index (κ1) is 13.2. The van der Waals surface area contributed by atoms with Crippen LogP contribution >= 0.6 is 0 Å². The van der Waals surface area contributed by atoms with Crippen molar-refractivity contribution in [2.75, 3.05) is 12.3 Å². The second-order valence-corrected chi connectivity index (χ2v) is 4.88. The van der Waals surface area contributed by atoms with Crippen LogP contribution in [0.5, 0.6) is 0 Å². The van der Waals surface area contributed by atoms with E-state index in [1.54, 1.807) is 18.5 Å². The van der Waals surface area contributed by atoms with Crippen molar-refractivity contribution in [1.29, 1.82) is 0 Å². The zero-order chi connectivity index (χ0) is 14.7. The maximum Gasteiger partial charge on any atom is 0.251 e. The summed E-state index contributed by atoms with van der Waals surface area (Å²) in [7, 11) is 0. The van der Waals surface area contributed by atoms with Crippen molar-refractivity contribution < 1.29 is 4.79 Å². The van der Waals surface area contributed by atoms with E-state index in [1.807, 2.05) is 30.3 Å². The van der Waals surface area contributed by atoms with Crippen LogP contribution in [0, 0.1) is 0 Å². The van der Waals surface area contributed by atoms with Crippen molar-refractivity contribution in [2.24, 2.45) is 0 Å². The number of nitrogens with one attached hydrogen (secondary N) is 2. The molecule has 0 aliphatic heterocycles. The number of aromatic amines is 1. The quantitative estimate of drug-likeness (QED) is 0.640. The topological polar surface area (TPSA) is 83.8 Å². The van der Waals surface area contributed by atoms with Crippen molar-refractivity contribution in [2.45, 2.75) is 6.42 Å². The molecule has 106 valence electrons. The number of amides is 1. The summed E-state index contributed by atoms with van der Waals surface area (Å²) in [6.45, 7) is 0.587. The molecular weight excluding hydrogens is 264 g/mol. The SMILES string of the molecule is Nc1ccc(CCNC(=O)c2ccc3nc[nH]c3c2)cc1. The molecule has 0 aliphatic carbocycles. The van der Waals surface area contributed by atoms with E-state index in [0.717, 1.165) is 28.7 Å². The molecule has 3 rings (SSSR count). The number of rotatable bonds is 4. The van der Waals surface area contributed by atoms with Crippen molar-refractivity contribution in [3.63, 3.8) is 0 Å². The third kappa shape index (κ3) is 3.02. The van der Waals surface area contributed by atoms with Crippen LogP contribution in [0.15, 0.2) is 48.8 Å². The molecule has 0 radical (unpaired) electrons. The Labute approximate surface area is 122 Å². The Balaban J connectivity index is 1.59. The molecule has 0 fully saturated rings. The monoisotopic (exact) mass is 280 g/mol. The third-order valence-corrected chi connectivity index (χ3v) is 3.36. The smallest absolute Gasteiger partial charge is 0.251 e. The zero-order valence-corrected chi connectivity index (χ0v) is 11.5. The molecular formula is C16H16N4O. The lowest BCUT2D eigenvalue weighted by Crippen LogP contribution is -2.25. The molecule has 3 aromatic rings.